The molecule has 3 aromatic rings. The number of carbonyl (C=O) groups is 1. The average Bonchev–Trinajstić information content (AvgIpc) is 3.32. The number of para-hydroxylation sites is 2. The lowest BCUT2D eigenvalue weighted by atomic mass is 10.2. The van der Waals surface area contributed by atoms with Crippen molar-refractivity contribution in [2.24, 2.45) is 0 Å². The highest BCUT2D eigenvalue weighted by Crippen LogP contribution is 2.28. The molecule has 1 aliphatic heterocycles. The van der Waals surface area contributed by atoms with Gasteiger partial charge in [-0.1, -0.05) is 12.1 Å². The van der Waals surface area contributed by atoms with Crippen molar-refractivity contribution in [1.29, 1.82) is 0 Å². The predicted octanol–water partition coefficient (Wildman–Crippen LogP) is 2.73. The number of carbonyl (C=O) groups excluding carboxylic acids is 1. The number of sulfonamides is 1. The van der Waals surface area contributed by atoms with Crippen LogP contribution in [-0.2, 0) is 14.8 Å². The molecule has 2 aromatic carbocycles. The van der Waals surface area contributed by atoms with Crippen LogP contribution >= 0.6 is 0 Å². The highest BCUT2D eigenvalue weighted by Gasteiger charge is 2.29. The van der Waals surface area contributed by atoms with Crippen molar-refractivity contribution in [3.8, 4) is 0 Å². The Hall–Kier alpha value is -2.91. The zero-order chi connectivity index (χ0) is 20.4. The SMILES string of the molecule is CC(=O)Nc1ccc(S(=O)(=O)NCC2CCCN2c2nc3ccccc3o2)cc1. The van der Waals surface area contributed by atoms with Crippen LogP contribution in [0.2, 0.25) is 0 Å². The Morgan fingerprint density at radius 1 is 1.21 bits per heavy atom. The maximum atomic E-state index is 12.7. The average molecular weight is 414 g/mol. The van der Waals surface area contributed by atoms with Crippen molar-refractivity contribution in [2.45, 2.75) is 30.7 Å². The normalized spacial score (nSPS) is 17.0. The third-order valence-electron chi connectivity index (χ3n) is 4.90. The van der Waals surface area contributed by atoms with E-state index in [0.29, 0.717) is 17.3 Å². The molecule has 2 heterocycles. The number of rotatable bonds is 6. The summed E-state index contributed by atoms with van der Waals surface area (Å²) in [6.45, 7) is 2.43. The van der Waals surface area contributed by atoms with Crippen LogP contribution in [-0.4, -0.2) is 38.4 Å². The number of hydrogen-bond donors (Lipinski definition) is 2. The molecule has 29 heavy (non-hydrogen) atoms. The van der Waals surface area contributed by atoms with Crippen molar-refractivity contribution >= 4 is 38.7 Å². The van der Waals surface area contributed by atoms with Crippen LogP contribution in [0.25, 0.3) is 11.1 Å². The first-order valence-corrected chi connectivity index (χ1v) is 10.9. The van der Waals surface area contributed by atoms with E-state index < -0.39 is 10.0 Å². The first kappa shape index (κ1) is 19.4. The second kappa shape index (κ2) is 7.84. The molecule has 0 bridgehead atoms. The molecule has 0 aliphatic carbocycles. The summed E-state index contributed by atoms with van der Waals surface area (Å²) in [6, 6.07) is 14.1. The maximum Gasteiger partial charge on any atom is 0.298 e. The van der Waals surface area contributed by atoms with E-state index in [-0.39, 0.29) is 23.4 Å². The Bertz CT molecular complexity index is 1090. The van der Waals surface area contributed by atoms with E-state index >= 15 is 0 Å². The van der Waals surface area contributed by atoms with E-state index in [9.17, 15) is 13.2 Å². The summed E-state index contributed by atoms with van der Waals surface area (Å²) in [6.07, 6.45) is 1.79. The first-order valence-electron chi connectivity index (χ1n) is 9.42. The van der Waals surface area contributed by atoms with Crippen LogP contribution in [0.1, 0.15) is 19.8 Å². The molecule has 0 saturated carbocycles. The second-order valence-corrected chi connectivity index (χ2v) is 8.78. The molecule has 152 valence electrons. The van der Waals surface area contributed by atoms with Crippen molar-refractivity contribution in [1.82, 2.24) is 9.71 Å². The summed E-state index contributed by atoms with van der Waals surface area (Å²) in [5.74, 6) is -0.209. The zero-order valence-corrected chi connectivity index (χ0v) is 16.8. The summed E-state index contributed by atoms with van der Waals surface area (Å²) < 4.78 is 33.8. The Morgan fingerprint density at radius 3 is 2.69 bits per heavy atom. The molecule has 4 rings (SSSR count). The van der Waals surface area contributed by atoms with Crippen LogP contribution in [0.5, 0.6) is 0 Å². The summed E-state index contributed by atoms with van der Waals surface area (Å²) in [5, 5.41) is 2.62. The lowest BCUT2D eigenvalue weighted by molar-refractivity contribution is -0.114. The van der Waals surface area contributed by atoms with Crippen LogP contribution in [0, 0.1) is 0 Å². The fourth-order valence-electron chi connectivity index (χ4n) is 3.49. The smallest absolute Gasteiger partial charge is 0.298 e. The summed E-state index contributed by atoms with van der Waals surface area (Å²) >= 11 is 0. The molecule has 0 spiro atoms. The molecule has 1 amide bonds. The minimum absolute atomic E-state index is 0.0310. The summed E-state index contributed by atoms with van der Waals surface area (Å²) in [7, 11) is -3.66. The van der Waals surface area contributed by atoms with Gasteiger partial charge in [-0.2, -0.15) is 4.98 Å². The van der Waals surface area contributed by atoms with E-state index in [0.717, 1.165) is 24.9 Å². The van der Waals surface area contributed by atoms with Gasteiger partial charge in [0.2, 0.25) is 15.9 Å². The topological polar surface area (TPSA) is 105 Å². The van der Waals surface area contributed by atoms with Crippen molar-refractivity contribution in [3.63, 3.8) is 0 Å². The van der Waals surface area contributed by atoms with Gasteiger partial charge in [0.15, 0.2) is 5.58 Å². The molecule has 1 fully saturated rings. The number of aromatic nitrogens is 1. The number of amides is 1. The third kappa shape index (κ3) is 4.25. The number of anilines is 2. The van der Waals surface area contributed by atoms with Gasteiger partial charge in [-0.05, 0) is 49.2 Å². The minimum atomic E-state index is -3.66. The molecular formula is C20H22N4O4S. The first-order chi connectivity index (χ1) is 13.9. The van der Waals surface area contributed by atoms with Gasteiger partial charge >= 0.3 is 0 Å². The van der Waals surface area contributed by atoms with Gasteiger partial charge in [0.05, 0.1) is 4.90 Å². The third-order valence-corrected chi connectivity index (χ3v) is 6.34. The standard InChI is InChI=1S/C20H22N4O4S/c1-14(25)22-15-8-10-17(11-9-15)29(26,27)21-13-16-5-4-12-24(16)20-23-18-6-2-3-7-19(18)28-20/h2-3,6-11,16,21H,4-5,12-13H2,1H3,(H,22,25). The van der Waals surface area contributed by atoms with Crippen molar-refractivity contribution in [2.75, 3.05) is 23.3 Å². The fraction of sp³-hybridized carbons (Fsp3) is 0.300. The van der Waals surface area contributed by atoms with E-state index in [1.807, 2.05) is 29.2 Å². The van der Waals surface area contributed by atoms with Gasteiger partial charge < -0.3 is 14.6 Å². The highest BCUT2D eigenvalue weighted by atomic mass is 32.2. The Balaban J connectivity index is 1.44. The fourth-order valence-corrected chi connectivity index (χ4v) is 4.57. The molecule has 0 radical (unpaired) electrons. The quantitative estimate of drug-likeness (QED) is 0.643. The summed E-state index contributed by atoms with van der Waals surface area (Å²) in [5.41, 5.74) is 2.05. The van der Waals surface area contributed by atoms with E-state index in [2.05, 4.69) is 15.0 Å². The van der Waals surface area contributed by atoms with Crippen LogP contribution < -0.4 is 14.9 Å². The second-order valence-electron chi connectivity index (χ2n) is 7.01. The summed E-state index contributed by atoms with van der Waals surface area (Å²) in [4.78, 5) is 17.8. The highest BCUT2D eigenvalue weighted by molar-refractivity contribution is 7.89. The van der Waals surface area contributed by atoms with Gasteiger partial charge in [-0.3, -0.25) is 4.79 Å². The molecule has 1 aliphatic rings. The van der Waals surface area contributed by atoms with Gasteiger partial charge in [0, 0.05) is 31.7 Å². The predicted molar refractivity (Wildman–Crippen MR) is 110 cm³/mol. The molecule has 1 saturated heterocycles. The largest absolute Gasteiger partial charge is 0.423 e. The van der Waals surface area contributed by atoms with Crippen molar-refractivity contribution < 1.29 is 17.6 Å². The lowest BCUT2D eigenvalue weighted by Crippen LogP contribution is -2.40. The molecule has 9 heteroatoms. The Morgan fingerprint density at radius 2 is 1.97 bits per heavy atom. The zero-order valence-electron chi connectivity index (χ0n) is 16.0. The Kier molecular flexibility index (Phi) is 5.25. The monoisotopic (exact) mass is 414 g/mol. The number of nitrogens with zero attached hydrogens (tertiary/aromatic N) is 2. The van der Waals surface area contributed by atoms with E-state index in [1.54, 1.807) is 12.1 Å². The van der Waals surface area contributed by atoms with Crippen LogP contribution in [0.15, 0.2) is 57.8 Å². The lowest BCUT2D eigenvalue weighted by Gasteiger charge is -2.23. The molecule has 2 N–H and O–H groups in total. The molecular weight excluding hydrogens is 392 g/mol. The number of oxazole rings is 1. The van der Waals surface area contributed by atoms with Gasteiger partial charge in [0.25, 0.3) is 6.01 Å². The molecule has 1 unspecified atom stereocenters. The minimum Gasteiger partial charge on any atom is -0.423 e. The molecule has 1 aromatic heterocycles. The number of fused-ring (bicyclic) bond motifs is 1. The van der Waals surface area contributed by atoms with E-state index in [1.165, 1.54) is 19.1 Å². The van der Waals surface area contributed by atoms with Gasteiger partial charge in [-0.15, -0.1) is 0 Å². The number of nitrogens with one attached hydrogen (secondary N) is 2. The van der Waals surface area contributed by atoms with E-state index in [4.69, 9.17) is 4.42 Å². The van der Waals surface area contributed by atoms with Crippen LogP contribution in [0.4, 0.5) is 11.7 Å². The maximum absolute atomic E-state index is 12.7. The van der Waals surface area contributed by atoms with Gasteiger partial charge in [-0.25, -0.2) is 13.1 Å². The van der Waals surface area contributed by atoms with Gasteiger partial charge in [0.1, 0.15) is 5.52 Å². The number of hydrogen-bond acceptors (Lipinski definition) is 6. The number of benzene rings is 2. The van der Waals surface area contributed by atoms with Crippen molar-refractivity contribution in [3.05, 3.63) is 48.5 Å². The van der Waals surface area contributed by atoms with Crippen LogP contribution in [0.3, 0.4) is 0 Å². The Labute approximate surface area is 169 Å². The molecule has 8 nitrogen and oxygen atoms in total. The molecule has 1 atom stereocenters.